The fourth-order valence-corrected chi connectivity index (χ4v) is 3.91. The molecule has 3 heterocycles. The van der Waals surface area contributed by atoms with Gasteiger partial charge >= 0.3 is 0 Å². The van der Waals surface area contributed by atoms with Gasteiger partial charge in [-0.1, -0.05) is 0 Å². The van der Waals surface area contributed by atoms with Crippen LogP contribution < -0.4 is 0 Å². The van der Waals surface area contributed by atoms with Crippen molar-refractivity contribution in [1.82, 2.24) is 9.80 Å². The molecular weight excluding hydrogens is 268 g/mol. The van der Waals surface area contributed by atoms with Gasteiger partial charge in [-0.2, -0.15) is 0 Å². The maximum Gasteiger partial charge on any atom is 0.228 e. The highest BCUT2D eigenvalue weighted by atomic mass is 16.5. The molecule has 3 fully saturated rings. The zero-order valence-electron chi connectivity index (χ0n) is 13.3. The third kappa shape index (κ3) is 3.25. The van der Waals surface area contributed by atoms with Crippen LogP contribution in [-0.4, -0.2) is 74.4 Å². The normalized spacial score (nSPS) is 32.8. The molecule has 1 amide bonds. The first-order valence-corrected chi connectivity index (χ1v) is 8.27. The highest BCUT2D eigenvalue weighted by Gasteiger charge is 2.42. The largest absolute Gasteiger partial charge is 0.381 e. The second-order valence-electron chi connectivity index (χ2n) is 7.03. The van der Waals surface area contributed by atoms with Crippen LogP contribution in [0.15, 0.2) is 0 Å². The summed E-state index contributed by atoms with van der Waals surface area (Å²) in [5.74, 6) is 0.392. The lowest BCUT2D eigenvalue weighted by atomic mass is 9.81. The monoisotopic (exact) mass is 296 g/mol. The molecule has 0 unspecified atom stereocenters. The van der Waals surface area contributed by atoms with E-state index in [2.05, 4.69) is 19.0 Å². The number of rotatable bonds is 2. The van der Waals surface area contributed by atoms with E-state index in [1.54, 1.807) is 0 Å². The van der Waals surface area contributed by atoms with Crippen molar-refractivity contribution in [2.75, 3.05) is 47.0 Å². The molecule has 3 saturated heterocycles. The molecule has 0 N–H and O–H groups in total. The average Bonchev–Trinajstić information content (AvgIpc) is 3.02. The molecule has 3 aliphatic heterocycles. The Labute approximate surface area is 127 Å². The highest BCUT2D eigenvalue weighted by molar-refractivity contribution is 5.79. The zero-order valence-corrected chi connectivity index (χ0v) is 13.3. The van der Waals surface area contributed by atoms with E-state index in [-0.39, 0.29) is 11.5 Å². The third-order valence-corrected chi connectivity index (χ3v) is 5.46. The molecule has 1 spiro atoms. The predicted octanol–water partition coefficient (Wildman–Crippen LogP) is 1.12. The van der Waals surface area contributed by atoms with Crippen molar-refractivity contribution in [3.8, 4) is 0 Å². The van der Waals surface area contributed by atoms with E-state index in [4.69, 9.17) is 9.47 Å². The first-order chi connectivity index (χ1) is 10.1. The van der Waals surface area contributed by atoms with E-state index in [0.717, 1.165) is 58.4 Å². The molecule has 0 aromatic heterocycles. The molecule has 2 atom stereocenters. The summed E-state index contributed by atoms with van der Waals surface area (Å²) in [5.41, 5.74) is 0.0101. The summed E-state index contributed by atoms with van der Waals surface area (Å²) < 4.78 is 11.5. The Balaban J connectivity index is 1.55. The SMILES string of the molecule is CN(C)[C@@H]1CCOC2(CCN(C(=O)[C@@H]3CCOC3)CC2)C1. The number of nitrogens with zero attached hydrogens (tertiary/aromatic N) is 2. The van der Waals surface area contributed by atoms with Crippen LogP contribution in [0.25, 0.3) is 0 Å². The van der Waals surface area contributed by atoms with E-state index in [1.807, 2.05) is 4.90 Å². The number of likely N-dealkylation sites (tertiary alicyclic amines) is 1. The zero-order chi connectivity index (χ0) is 14.9. The maximum absolute atomic E-state index is 12.4. The fraction of sp³-hybridized carbons (Fsp3) is 0.938. The number of ether oxygens (including phenoxy) is 2. The number of carbonyl (C=O) groups is 1. The molecule has 5 nitrogen and oxygen atoms in total. The van der Waals surface area contributed by atoms with Crippen LogP contribution in [-0.2, 0) is 14.3 Å². The average molecular weight is 296 g/mol. The summed E-state index contributed by atoms with van der Waals surface area (Å²) >= 11 is 0. The molecule has 0 bridgehead atoms. The second kappa shape index (κ2) is 6.23. The number of hydrogen-bond acceptors (Lipinski definition) is 4. The van der Waals surface area contributed by atoms with E-state index in [0.29, 0.717) is 18.6 Å². The van der Waals surface area contributed by atoms with Gasteiger partial charge in [0, 0.05) is 32.3 Å². The van der Waals surface area contributed by atoms with E-state index in [1.165, 1.54) is 0 Å². The number of piperidine rings is 1. The second-order valence-corrected chi connectivity index (χ2v) is 7.03. The summed E-state index contributed by atoms with van der Waals surface area (Å²) in [5, 5.41) is 0. The predicted molar refractivity (Wildman–Crippen MR) is 80.1 cm³/mol. The van der Waals surface area contributed by atoms with Gasteiger partial charge < -0.3 is 19.3 Å². The van der Waals surface area contributed by atoms with Gasteiger partial charge in [-0.25, -0.2) is 0 Å². The summed E-state index contributed by atoms with van der Waals surface area (Å²) in [6, 6.07) is 0.615. The minimum Gasteiger partial charge on any atom is -0.381 e. The van der Waals surface area contributed by atoms with E-state index in [9.17, 15) is 4.79 Å². The summed E-state index contributed by atoms with van der Waals surface area (Å²) in [6.45, 7) is 3.89. The van der Waals surface area contributed by atoms with Gasteiger partial charge in [0.1, 0.15) is 0 Å². The summed E-state index contributed by atoms with van der Waals surface area (Å²) in [6.07, 6.45) is 5.08. The first kappa shape index (κ1) is 15.3. The third-order valence-electron chi connectivity index (χ3n) is 5.46. The van der Waals surface area contributed by atoms with Crippen molar-refractivity contribution < 1.29 is 14.3 Å². The molecule has 0 aromatic rings. The smallest absolute Gasteiger partial charge is 0.228 e. The van der Waals surface area contributed by atoms with Crippen molar-refractivity contribution in [1.29, 1.82) is 0 Å². The molecule has 0 radical (unpaired) electrons. The van der Waals surface area contributed by atoms with Gasteiger partial charge in [0.25, 0.3) is 0 Å². The molecule has 120 valence electrons. The molecule has 3 rings (SSSR count). The van der Waals surface area contributed by atoms with Crippen molar-refractivity contribution in [2.24, 2.45) is 5.92 Å². The molecular formula is C16H28N2O3. The van der Waals surface area contributed by atoms with Crippen molar-refractivity contribution in [3.63, 3.8) is 0 Å². The van der Waals surface area contributed by atoms with Crippen molar-refractivity contribution in [2.45, 2.75) is 43.7 Å². The van der Waals surface area contributed by atoms with Gasteiger partial charge in [0.05, 0.1) is 18.1 Å². The lowest BCUT2D eigenvalue weighted by molar-refractivity contribution is -0.150. The Morgan fingerprint density at radius 2 is 1.95 bits per heavy atom. The topological polar surface area (TPSA) is 42.0 Å². The Hall–Kier alpha value is -0.650. The molecule has 0 aliphatic carbocycles. The Kier molecular flexibility index (Phi) is 4.52. The lowest BCUT2D eigenvalue weighted by Crippen LogP contribution is -2.54. The van der Waals surface area contributed by atoms with Crippen molar-refractivity contribution >= 4 is 5.91 Å². The number of amides is 1. The van der Waals surface area contributed by atoms with Crippen LogP contribution in [0.2, 0.25) is 0 Å². The van der Waals surface area contributed by atoms with Crippen LogP contribution >= 0.6 is 0 Å². The Morgan fingerprint density at radius 3 is 2.57 bits per heavy atom. The van der Waals surface area contributed by atoms with Gasteiger partial charge in [0.2, 0.25) is 5.91 Å². The molecule has 3 aliphatic rings. The van der Waals surface area contributed by atoms with Crippen LogP contribution in [0.4, 0.5) is 0 Å². The summed E-state index contributed by atoms with van der Waals surface area (Å²) in [7, 11) is 4.31. The van der Waals surface area contributed by atoms with Crippen LogP contribution in [0.1, 0.15) is 32.1 Å². The summed E-state index contributed by atoms with van der Waals surface area (Å²) in [4.78, 5) is 16.8. The lowest BCUT2D eigenvalue weighted by Gasteiger charge is -2.47. The van der Waals surface area contributed by atoms with Crippen LogP contribution in [0.5, 0.6) is 0 Å². The standard InChI is InChI=1S/C16H28N2O3/c1-17(2)14-4-10-21-16(11-14)5-7-18(8-6-16)15(19)13-3-9-20-12-13/h13-14H,3-12H2,1-2H3/t13-,14-/m1/s1. The van der Waals surface area contributed by atoms with Gasteiger partial charge in [-0.3, -0.25) is 4.79 Å². The van der Waals surface area contributed by atoms with E-state index < -0.39 is 0 Å². The quantitative estimate of drug-likeness (QED) is 0.766. The number of hydrogen-bond donors (Lipinski definition) is 0. The Morgan fingerprint density at radius 1 is 1.19 bits per heavy atom. The molecule has 0 aromatic carbocycles. The van der Waals surface area contributed by atoms with Crippen LogP contribution in [0.3, 0.4) is 0 Å². The highest BCUT2D eigenvalue weighted by Crippen LogP contribution is 2.36. The number of carbonyl (C=O) groups excluding carboxylic acids is 1. The maximum atomic E-state index is 12.4. The first-order valence-electron chi connectivity index (χ1n) is 8.27. The molecule has 5 heteroatoms. The molecule has 0 saturated carbocycles. The van der Waals surface area contributed by atoms with E-state index >= 15 is 0 Å². The fourth-order valence-electron chi connectivity index (χ4n) is 3.91. The van der Waals surface area contributed by atoms with Crippen LogP contribution in [0, 0.1) is 5.92 Å². The van der Waals surface area contributed by atoms with Gasteiger partial charge in [-0.05, 0) is 46.2 Å². The Bertz CT molecular complexity index is 372. The van der Waals surface area contributed by atoms with Crippen molar-refractivity contribution in [3.05, 3.63) is 0 Å². The van der Waals surface area contributed by atoms with Gasteiger partial charge in [-0.15, -0.1) is 0 Å². The minimum absolute atomic E-state index is 0.0101. The minimum atomic E-state index is 0.0101. The van der Waals surface area contributed by atoms with Gasteiger partial charge in [0.15, 0.2) is 0 Å². The molecule has 21 heavy (non-hydrogen) atoms.